The Bertz CT molecular complexity index is 1040. The number of aliphatic carboxylic acids is 1. The topological polar surface area (TPSA) is 68.1 Å². The fourth-order valence-corrected chi connectivity index (χ4v) is 4.76. The normalized spacial score (nSPS) is 19.2. The summed E-state index contributed by atoms with van der Waals surface area (Å²) in [6.07, 6.45) is 12.6. The van der Waals surface area contributed by atoms with Crippen LogP contribution in [0.15, 0.2) is 77.4 Å². The number of hydrogen-bond acceptors (Lipinski definition) is 4. The summed E-state index contributed by atoms with van der Waals surface area (Å²) in [5, 5.41) is 8.93. The van der Waals surface area contributed by atoms with E-state index in [1.165, 1.54) is 5.56 Å². The van der Waals surface area contributed by atoms with E-state index in [4.69, 9.17) is 14.6 Å². The minimum atomic E-state index is -0.953. The molecular formula is C28H31NO4. The van der Waals surface area contributed by atoms with Gasteiger partial charge in [0, 0.05) is 18.8 Å². The molecule has 0 radical (unpaired) electrons. The lowest BCUT2D eigenvalue weighted by Crippen LogP contribution is -2.23. The number of hydrogen-bond donors (Lipinski definition) is 1. The standard InChI is InChI=1S/C28H31NO4/c1-20(33-28(22-7-3-2-4-8-22)23-10-6-15-29-16-14-23)17-21-12-13-25-24(18-21)9-5-11-26(25)32-19-27(30)31/h2-5,7-11,14-16,20-21,28H,6,12-13,17-19H2,1H3,(H,30,31). The molecule has 172 valence electrons. The molecule has 0 bridgehead atoms. The average Bonchev–Trinajstić information content (AvgIpc) is 3.11. The van der Waals surface area contributed by atoms with E-state index in [1.54, 1.807) is 0 Å². The predicted octanol–water partition coefficient (Wildman–Crippen LogP) is 5.71. The summed E-state index contributed by atoms with van der Waals surface area (Å²) in [4.78, 5) is 15.1. The highest BCUT2D eigenvalue weighted by atomic mass is 16.5. The van der Waals surface area contributed by atoms with Gasteiger partial charge in [0.2, 0.25) is 0 Å². The third kappa shape index (κ3) is 6.20. The number of ether oxygens (including phenoxy) is 2. The van der Waals surface area contributed by atoms with E-state index in [1.807, 2.05) is 36.7 Å². The quantitative estimate of drug-likeness (QED) is 0.537. The fraction of sp³-hybridized carbons (Fsp3) is 0.357. The van der Waals surface area contributed by atoms with E-state index in [9.17, 15) is 4.79 Å². The van der Waals surface area contributed by atoms with Gasteiger partial charge in [-0.25, -0.2) is 4.79 Å². The van der Waals surface area contributed by atoms with Gasteiger partial charge in [0.25, 0.3) is 0 Å². The minimum Gasteiger partial charge on any atom is -0.482 e. The molecule has 1 aliphatic heterocycles. The van der Waals surface area contributed by atoms with Gasteiger partial charge < -0.3 is 14.6 Å². The van der Waals surface area contributed by atoms with Crippen molar-refractivity contribution in [3.05, 3.63) is 89.1 Å². The molecule has 0 saturated heterocycles. The molecule has 4 rings (SSSR count). The monoisotopic (exact) mass is 445 g/mol. The van der Waals surface area contributed by atoms with Crippen LogP contribution in [0.3, 0.4) is 0 Å². The molecular weight excluding hydrogens is 414 g/mol. The van der Waals surface area contributed by atoms with Crippen LogP contribution in [-0.4, -0.2) is 30.0 Å². The Kier molecular flexibility index (Phi) is 7.74. The summed E-state index contributed by atoms with van der Waals surface area (Å²) in [7, 11) is 0. The summed E-state index contributed by atoms with van der Waals surface area (Å²) < 4.78 is 12.2. The van der Waals surface area contributed by atoms with Gasteiger partial charge in [0.05, 0.1) is 6.10 Å². The van der Waals surface area contributed by atoms with Crippen molar-refractivity contribution in [2.24, 2.45) is 10.9 Å². The Morgan fingerprint density at radius 2 is 2.03 bits per heavy atom. The van der Waals surface area contributed by atoms with Crippen molar-refractivity contribution in [1.82, 2.24) is 0 Å². The zero-order valence-corrected chi connectivity index (χ0v) is 19.0. The van der Waals surface area contributed by atoms with Crippen LogP contribution in [0.2, 0.25) is 0 Å². The Hall–Kier alpha value is -3.18. The molecule has 1 aliphatic carbocycles. The summed E-state index contributed by atoms with van der Waals surface area (Å²) in [6, 6.07) is 16.3. The molecule has 3 unspecified atom stereocenters. The summed E-state index contributed by atoms with van der Waals surface area (Å²) in [6.45, 7) is 1.86. The van der Waals surface area contributed by atoms with E-state index < -0.39 is 5.97 Å². The smallest absolute Gasteiger partial charge is 0.341 e. The number of carbonyl (C=O) groups is 1. The number of aliphatic imine (C=N–C) groups is 1. The maximum atomic E-state index is 10.9. The van der Waals surface area contributed by atoms with Gasteiger partial charge >= 0.3 is 5.97 Å². The number of benzene rings is 2. The number of rotatable bonds is 9. The third-order valence-corrected chi connectivity index (χ3v) is 6.25. The van der Waals surface area contributed by atoms with Gasteiger partial charge in [-0.1, -0.05) is 48.5 Å². The van der Waals surface area contributed by atoms with Crippen LogP contribution in [0.4, 0.5) is 0 Å². The second kappa shape index (κ2) is 11.1. The lowest BCUT2D eigenvalue weighted by Gasteiger charge is -2.30. The van der Waals surface area contributed by atoms with Gasteiger partial charge in [-0.3, -0.25) is 4.99 Å². The molecule has 2 aromatic carbocycles. The van der Waals surface area contributed by atoms with Crippen LogP contribution in [0.25, 0.3) is 0 Å². The van der Waals surface area contributed by atoms with Crippen molar-refractivity contribution >= 4 is 12.2 Å². The van der Waals surface area contributed by atoms with E-state index >= 15 is 0 Å². The molecule has 1 N–H and O–H groups in total. The molecule has 2 aliphatic rings. The van der Waals surface area contributed by atoms with E-state index in [0.29, 0.717) is 11.7 Å². The number of carboxylic acid groups (broad SMARTS) is 1. The highest BCUT2D eigenvalue weighted by molar-refractivity contribution is 5.68. The zero-order valence-electron chi connectivity index (χ0n) is 19.0. The average molecular weight is 446 g/mol. The predicted molar refractivity (Wildman–Crippen MR) is 130 cm³/mol. The Morgan fingerprint density at radius 3 is 2.85 bits per heavy atom. The highest BCUT2D eigenvalue weighted by Gasteiger charge is 2.25. The lowest BCUT2D eigenvalue weighted by molar-refractivity contribution is -0.139. The van der Waals surface area contributed by atoms with Crippen molar-refractivity contribution in [2.75, 3.05) is 6.61 Å². The van der Waals surface area contributed by atoms with Crippen LogP contribution in [0, 0.1) is 5.92 Å². The van der Waals surface area contributed by atoms with Gasteiger partial charge in [0.1, 0.15) is 11.9 Å². The SMILES string of the molecule is CC(CC1CCc2c(cccc2OCC(=O)O)C1)OC(C1=CCC=NC=C1)c1ccccc1. The van der Waals surface area contributed by atoms with Crippen LogP contribution in [0.1, 0.15) is 49.0 Å². The van der Waals surface area contributed by atoms with Gasteiger partial charge in [-0.05, 0) is 72.9 Å². The minimum absolute atomic E-state index is 0.0895. The molecule has 0 aromatic heterocycles. The van der Waals surface area contributed by atoms with E-state index in [2.05, 4.69) is 48.3 Å². The molecule has 0 spiro atoms. The Labute approximate surface area is 195 Å². The maximum absolute atomic E-state index is 10.9. The number of fused-ring (bicyclic) bond motifs is 1. The second-order valence-electron chi connectivity index (χ2n) is 8.75. The van der Waals surface area contributed by atoms with Crippen molar-refractivity contribution < 1.29 is 19.4 Å². The maximum Gasteiger partial charge on any atom is 0.341 e. The molecule has 33 heavy (non-hydrogen) atoms. The summed E-state index contributed by atoms with van der Waals surface area (Å²) in [5.41, 5.74) is 4.70. The molecule has 3 atom stereocenters. The van der Waals surface area contributed by atoms with Gasteiger partial charge in [-0.15, -0.1) is 0 Å². The first kappa shape index (κ1) is 23.0. The lowest BCUT2D eigenvalue weighted by atomic mass is 9.81. The molecule has 0 amide bonds. The van der Waals surface area contributed by atoms with E-state index in [-0.39, 0.29) is 18.8 Å². The van der Waals surface area contributed by atoms with Gasteiger partial charge in [0.15, 0.2) is 6.61 Å². The van der Waals surface area contributed by atoms with Gasteiger partial charge in [-0.2, -0.15) is 0 Å². The first-order valence-electron chi connectivity index (χ1n) is 11.6. The molecule has 0 fully saturated rings. The second-order valence-corrected chi connectivity index (χ2v) is 8.75. The van der Waals surface area contributed by atoms with Crippen molar-refractivity contribution in [3.8, 4) is 5.75 Å². The van der Waals surface area contributed by atoms with Crippen LogP contribution < -0.4 is 4.74 Å². The number of carboxylic acids is 1. The van der Waals surface area contributed by atoms with Crippen molar-refractivity contribution in [3.63, 3.8) is 0 Å². The summed E-state index contributed by atoms with van der Waals surface area (Å²) in [5.74, 6) is 0.266. The number of allylic oxidation sites excluding steroid dienone is 1. The first-order chi connectivity index (χ1) is 16.1. The van der Waals surface area contributed by atoms with Crippen LogP contribution in [0.5, 0.6) is 5.75 Å². The highest BCUT2D eigenvalue weighted by Crippen LogP contribution is 2.36. The Morgan fingerprint density at radius 1 is 1.18 bits per heavy atom. The first-order valence-corrected chi connectivity index (χ1v) is 11.6. The number of nitrogens with zero attached hydrogens (tertiary/aromatic N) is 1. The molecule has 5 heteroatoms. The zero-order chi connectivity index (χ0) is 23.0. The molecule has 5 nitrogen and oxygen atoms in total. The molecule has 1 heterocycles. The van der Waals surface area contributed by atoms with Crippen molar-refractivity contribution in [1.29, 1.82) is 0 Å². The van der Waals surface area contributed by atoms with Crippen LogP contribution >= 0.6 is 0 Å². The summed E-state index contributed by atoms with van der Waals surface area (Å²) >= 11 is 0. The molecule has 2 aromatic rings. The van der Waals surface area contributed by atoms with Crippen molar-refractivity contribution in [2.45, 2.75) is 51.2 Å². The largest absolute Gasteiger partial charge is 0.482 e. The van der Waals surface area contributed by atoms with E-state index in [0.717, 1.165) is 48.8 Å². The van der Waals surface area contributed by atoms with Crippen LogP contribution in [-0.2, 0) is 22.4 Å². The third-order valence-electron chi connectivity index (χ3n) is 6.25. The fourth-order valence-electron chi connectivity index (χ4n) is 4.76. The Balaban J connectivity index is 1.42. The molecule has 0 saturated carbocycles.